The van der Waals surface area contributed by atoms with Crippen LogP contribution in [0, 0.1) is 17.0 Å². The van der Waals surface area contributed by atoms with E-state index < -0.39 is 5.25 Å². The van der Waals surface area contributed by atoms with Crippen LogP contribution in [-0.2, 0) is 6.61 Å². The average molecular weight is 594 g/mol. The molecular formula is C24H19BrCl2N4O3S. The molecular weight excluding hydrogens is 575 g/mol. The number of nitro groups is 1. The Kier molecular flexibility index (Phi) is 8.33. The number of hydrogen-bond donors (Lipinski definition) is 0. The summed E-state index contributed by atoms with van der Waals surface area (Å²) in [5, 5.41) is 21.1. The third-order valence-electron chi connectivity index (χ3n) is 5.09. The van der Waals surface area contributed by atoms with Crippen molar-refractivity contribution in [2.75, 3.05) is 6.54 Å². The number of para-hydroxylation sites is 1. The van der Waals surface area contributed by atoms with Crippen molar-refractivity contribution in [3.8, 4) is 11.4 Å². The fourth-order valence-electron chi connectivity index (χ4n) is 3.45. The van der Waals surface area contributed by atoms with Crippen molar-refractivity contribution in [3.63, 3.8) is 0 Å². The van der Waals surface area contributed by atoms with E-state index in [1.165, 1.54) is 11.8 Å². The SMILES string of the molecule is Cc1nnc(S[C@@H](C[N+](=O)[O-])c2cc(Br)ccc2OCc2ccc(Cl)cc2Cl)n1-c1ccccc1. The number of aryl methyl sites for hydroxylation is 1. The summed E-state index contributed by atoms with van der Waals surface area (Å²) >= 11 is 17.0. The van der Waals surface area contributed by atoms with E-state index in [0.717, 1.165) is 15.7 Å². The lowest BCUT2D eigenvalue weighted by Crippen LogP contribution is -2.13. The Bertz CT molecular complexity index is 1350. The molecule has 0 spiro atoms. The number of nitrogens with zero attached hydrogens (tertiary/aromatic N) is 4. The van der Waals surface area contributed by atoms with E-state index in [4.69, 9.17) is 27.9 Å². The fraction of sp³-hybridized carbons (Fsp3) is 0.167. The van der Waals surface area contributed by atoms with E-state index in [9.17, 15) is 10.1 Å². The van der Waals surface area contributed by atoms with Crippen LogP contribution in [0.3, 0.4) is 0 Å². The monoisotopic (exact) mass is 592 g/mol. The molecule has 11 heteroatoms. The van der Waals surface area contributed by atoms with Gasteiger partial charge in [0, 0.05) is 36.3 Å². The molecule has 1 atom stereocenters. The molecule has 7 nitrogen and oxygen atoms in total. The number of halogens is 3. The van der Waals surface area contributed by atoms with Crippen LogP contribution < -0.4 is 4.74 Å². The zero-order valence-corrected chi connectivity index (χ0v) is 22.3. The molecule has 0 N–H and O–H groups in total. The molecule has 1 heterocycles. The highest BCUT2D eigenvalue weighted by molar-refractivity contribution is 9.10. The van der Waals surface area contributed by atoms with Crippen LogP contribution in [0.25, 0.3) is 5.69 Å². The summed E-state index contributed by atoms with van der Waals surface area (Å²) in [6.07, 6.45) is 0. The average Bonchev–Trinajstić information content (AvgIpc) is 3.18. The summed E-state index contributed by atoms with van der Waals surface area (Å²) in [4.78, 5) is 11.3. The molecule has 0 amide bonds. The van der Waals surface area contributed by atoms with Crippen molar-refractivity contribution in [1.29, 1.82) is 0 Å². The van der Waals surface area contributed by atoms with Gasteiger partial charge in [-0.1, -0.05) is 75.2 Å². The zero-order chi connectivity index (χ0) is 24.9. The minimum absolute atomic E-state index is 0.180. The highest BCUT2D eigenvalue weighted by Gasteiger charge is 2.27. The highest BCUT2D eigenvalue weighted by atomic mass is 79.9. The quantitative estimate of drug-likeness (QED) is 0.115. The van der Waals surface area contributed by atoms with Gasteiger partial charge in [0.15, 0.2) is 5.16 Å². The maximum atomic E-state index is 11.7. The van der Waals surface area contributed by atoms with Crippen molar-refractivity contribution < 1.29 is 9.66 Å². The van der Waals surface area contributed by atoms with E-state index in [0.29, 0.717) is 32.3 Å². The molecule has 0 radical (unpaired) electrons. The number of benzene rings is 3. The first-order chi connectivity index (χ1) is 16.8. The first-order valence-electron chi connectivity index (χ1n) is 10.4. The summed E-state index contributed by atoms with van der Waals surface area (Å²) in [5.41, 5.74) is 2.29. The van der Waals surface area contributed by atoms with Crippen molar-refractivity contribution in [1.82, 2.24) is 14.8 Å². The van der Waals surface area contributed by atoms with E-state index in [-0.39, 0.29) is 18.1 Å². The molecule has 4 aromatic rings. The summed E-state index contributed by atoms with van der Waals surface area (Å²) in [6.45, 7) is 1.69. The summed E-state index contributed by atoms with van der Waals surface area (Å²) in [7, 11) is 0. The van der Waals surface area contributed by atoms with Gasteiger partial charge in [-0.05, 0) is 49.4 Å². The van der Waals surface area contributed by atoms with Crippen molar-refractivity contribution >= 4 is 50.9 Å². The van der Waals surface area contributed by atoms with Gasteiger partial charge in [-0.15, -0.1) is 10.2 Å². The van der Waals surface area contributed by atoms with E-state index in [2.05, 4.69) is 26.1 Å². The molecule has 0 aliphatic carbocycles. The van der Waals surface area contributed by atoms with Gasteiger partial charge in [-0.25, -0.2) is 0 Å². The van der Waals surface area contributed by atoms with Crippen molar-refractivity contribution in [2.45, 2.75) is 23.9 Å². The Morgan fingerprint density at radius 1 is 1.11 bits per heavy atom. The molecule has 180 valence electrons. The largest absolute Gasteiger partial charge is 0.489 e. The van der Waals surface area contributed by atoms with Gasteiger partial charge in [0.1, 0.15) is 23.4 Å². The summed E-state index contributed by atoms with van der Waals surface area (Å²) < 4.78 is 8.75. The van der Waals surface area contributed by atoms with E-state index in [1.54, 1.807) is 24.3 Å². The summed E-state index contributed by atoms with van der Waals surface area (Å²) in [6, 6.07) is 20.2. The second-order valence-corrected chi connectivity index (χ2v) is 10.5. The Morgan fingerprint density at radius 2 is 1.89 bits per heavy atom. The second-order valence-electron chi connectivity index (χ2n) is 7.53. The van der Waals surface area contributed by atoms with Crippen LogP contribution in [-0.4, -0.2) is 26.2 Å². The van der Waals surface area contributed by atoms with Gasteiger partial charge < -0.3 is 4.74 Å². The standard InChI is InChI=1S/C24H19BrCl2N4O3S/c1-15-28-29-24(31(15)19-5-3-2-4-6-19)35-23(13-30(32)33)20-11-17(25)8-10-22(20)34-14-16-7-9-18(26)12-21(16)27/h2-12,23H,13-14H2,1H3/t23-/m0/s1. The van der Waals surface area contributed by atoms with Gasteiger partial charge in [0.2, 0.25) is 6.54 Å². The first kappa shape index (κ1) is 25.5. The summed E-state index contributed by atoms with van der Waals surface area (Å²) in [5.74, 6) is 1.20. The van der Waals surface area contributed by atoms with Gasteiger partial charge in [-0.2, -0.15) is 0 Å². The number of rotatable bonds is 9. The Hall–Kier alpha value is -2.59. The van der Waals surface area contributed by atoms with Gasteiger partial charge in [-0.3, -0.25) is 14.7 Å². The predicted molar refractivity (Wildman–Crippen MR) is 141 cm³/mol. The number of aromatic nitrogens is 3. The molecule has 0 unspecified atom stereocenters. The van der Waals surface area contributed by atoms with Gasteiger partial charge in [0.05, 0.1) is 0 Å². The Morgan fingerprint density at radius 3 is 2.60 bits per heavy atom. The van der Waals surface area contributed by atoms with Crippen LogP contribution in [0.1, 0.15) is 22.2 Å². The molecule has 0 aliphatic heterocycles. The smallest absolute Gasteiger partial charge is 0.220 e. The van der Waals surface area contributed by atoms with Crippen LogP contribution in [0.15, 0.2) is 76.4 Å². The highest BCUT2D eigenvalue weighted by Crippen LogP contribution is 2.41. The molecule has 0 fully saturated rings. The molecule has 0 saturated heterocycles. The molecule has 0 saturated carbocycles. The number of thioether (sulfide) groups is 1. The zero-order valence-electron chi connectivity index (χ0n) is 18.4. The van der Waals surface area contributed by atoms with Crippen LogP contribution >= 0.6 is 50.9 Å². The number of ether oxygens (including phenoxy) is 1. The van der Waals surface area contributed by atoms with Crippen molar-refractivity contribution in [3.05, 3.63) is 108 Å². The lowest BCUT2D eigenvalue weighted by molar-refractivity contribution is -0.479. The topological polar surface area (TPSA) is 83.1 Å². The molecule has 3 aromatic carbocycles. The number of hydrogen-bond acceptors (Lipinski definition) is 6. The van der Waals surface area contributed by atoms with Crippen LogP contribution in [0.2, 0.25) is 10.0 Å². The Labute approximate surface area is 224 Å². The lowest BCUT2D eigenvalue weighted by atomic mass is 10.1. The molecule has 0 aliphatic rings. The molecule has 4 rings (SSSR count). The van der Waals surface area contributed by atoms with E-state index in [1.807, 2.05) is 54.0 Å². The first-order valence-corrected chi connectivity index (χ1v) is 12.9. The molecule has 0 bridgehead atoms. The maximum Gasteiger partial charge on any atom is 0.220 e. The minimum atomic E-state index is -0.593. The van der Waals surface area contributed by atoms with E-state index >= 15 is 0 Å². The Balaban J connectivity index is 1.68. The minimum Gasteiger partial charge on any atom is -0.489 e. The van der Waals surface area contributed by atoms with Gasteiger partial charge in [0.25, 0.3) is 0 Å². The van der Waals surface area contributed by atoms with Crippen LogP contribution in [0.5, 0.6) is 5.75 Å². The normalized spacial score (nSPS) is 11.9. The third kappa shape index (κ3) is 6.35. The third-order valence-corrected chi connectivity index (χ3v) is 7.33. The van der Waals surface area contributed by atoms with Gasteiger partial charge >= 0.3 is 0 Å². The van der Waals surface area contributed by atoms with Crippen LogP contribution in [0.4, 0.5) is 0 Å². The lowest BCUT2D eigenvalue weighted by Gasteiger charge is -2.18. The second kappa shape index (κ2) is 11.4. The molecule has 1 aromatic heterocycles. The van der Waals surface area contributed by atoms with Crippen molar-refractivity contribution in [2.24, 2.45) is 0 Å². The maximum absolute atomic E-state index is 11.7. The fourth-order valence-corrected chi connectivity index (χ4v) is 5.49. The molecule has 35 heavy (non-hydrogen) atoms. The predicted octanol–water partition coefficient (Wildman–Crippen LogP) is 7.33.